The van der Waals surface area contributed by atoms with Crippen LogP contribution in [0.2, 0.25) is 0 Å². The van der Waals surface area contributed by atoms with Gasteiger partial charge in [-0.3, -0.25) is 4.79 Å². The van der Waals surface area contributed by atoms with Gasteiger partial charge in [-0.2, -0.15) is 0 Å². The number of aromatic nitrogens is 1. The lowest BCUT2D eigenvalue weighted by molar-refractivity contribution is 0.0953. The number of fused-ring (bicyclic) bond motifs is 1. The van der Waals surface area contributed by atoms with E-state index >= 15 is 0 Å². The number of H-pyrrole nitrogens is 1. The van der Waals surface area contributed by atoms with Gasteiger partial charge >= 0.3 is 0 Å². The van der Waals surface area contributed by atoms with Crippen molar-refractivity contribution >= 4 is 22.6 Å². The minimum absolute atomic E-state index is 0.0718. The van der Waals surface area contributed by atoms with Gasteiger partial charge in [-0.25, -0.2) is 0 Å². The zero-order valence-electron chi connectivity index (χ0n) is 8.79. The highest BCUT2D eigenvalue weighted by Crippen LogP contribution is 2.26. The van der Waals surface area contributed by atoms with Gasteiger partial charge in [0.2, 0.25) is 0 Å². The summed E-state index contributed by atoms with van der Waals surface area (Å²) in [6.07, 6.45) is 2.15. The van der Waals surface area contributed by atoms with Gasteiger partial charge in [-0.05, 0) is 18.9 Å². The lowest BCUT2D eigenvalue weighted by Gasteiger charge is -2.02. The molecule has 0 spiro atoms. The van der Waals surface area contributed by atoms with Crippen LogP contribution in [-0.2, 0) is 0 Å². The average molecular weight is 215 g/mol. The van der Waals surface area contributed by atoms with E-state index in [-0.39, 0.29) is 5.91 Å². The Kier molecular flexibility index (Phi) is 1.89. The predicted molar refractivity (Wildman–Crippen MR) is 63.2 cm³/mol. The third-order valence-electron chi connectivity index (χ3n) is 2.87. The summed E-state index contributed by atoms with van der Waals surface area (Å²) in [6, 6.07) is 7.99. The molecule has 0 aliphatic heterocycles. The molecule has 1 aromatic heterocycles. The number of carbonyl (C=O) groups is 1. The van der Waals surface area contributed by atoms with Crippen molar-refractivity contribution in [1.29, 1.82) is 0 Å². The molecule has 1 fully saturated rings. The minimum Gasteiger partial charge on any atom is -0.385 e. The standard InChI is InChI=1S/C12H13N3O/c13-11-10(12(16)14-7-5-6-7)8-3-1-2-4-9(8)15-11/h1-4,7,15H,5-6,13H2,(H,14,16). The van der Waals surface area contributed by atoms with Gasteiger partial charge in [0, 0.05) is 16.9 Å². The third kappa shape index (κ3) is 1.43. The number of rotatable bonds is 2. The zero-order valence-corrected chi connectivity index (χ0v) is 8.79. The summed E-state index contributed by atoms with van der Waals surface area (Å²) in [5.74, 6) is 0.372. The molecule has 4 nitrogen and oxygen atoms in total. The van der Waals surface area contributed by atoms with E-state index in [9.17, 15) is 4.79 Å². The van der Waals surface area contributed by atoms with Gasteiger partial charge in [0.15, 0.2) is 0 Å². The fourth-order valence-electron chi connectivity index (χ4n) is 1.89. The molecule has 1 amide bonds. The van der Waals surface area contributed by atoms with Crippen LogP contribution in [0.3, 0.4) is 0 Å². The molecule has 82 valence electrons. The number of hydrogen-bond acceptors (Lipinski definition) is 2. The van der Waals surface area contributed by atoms with Gasteiger partial charge in [-0.15, -0.1) is 0 Å². The lowest BCUT2D eigenvalue weighted by atomic mass is 10.1. The molecule has 16 heavy (non-hydrogen) atoms. The van der Waals surface area contributed by atoms with E-state index < -0.39 is 0 Å². The van der Waals surface area contributed by atoms with E-state index in [1.807, 2.05) is 24.3 Å². The fourth-order valence-corrected chi connectivity index (χ4v) is 1.89. The Morgan fingerprint density at radius 3 is 2.88 bits per heavy atom. The Hall–Kier alpha value is -1.97. The molecule has 0 atom stereocenters. The number of hydrogen-bond donors (Lipinski definition) is 3. The van der Waals surface area contributed by atoms with E-state index in [4.69, 9.17) is 5.73 Å². The molecule has 1 saturated carbocycles. The van der Waals surface area contributed by atoms with Gasteiger partial charge in [-0.1, -0.05) is 18.2 Å². The van der Waals surface area contributed by atoms with Gasteiger partial charge in [0.25, 0.3) is 5.91 Å². The first-order valence-corrected chi connectivity index (χ1v) is 5.43. The largest absolute Gasteiger partial charge is 0.385 e. The Labute approximate surface area is 92.8 Å². The fraction of sp³-hybridized carbons (Fsp3) is 0.250. The molecule has 0 unspecified atom stereocenters. The van der Waals surface area contributed by atoms with Crippen LogP contribution in [0.5, 0.6) is 0 Å². The Morgan fingerprint density at radius 2 is 2.12 bits per heavy atom. The first-order chi connectivity index (χ1) is 7.75. The van der Waals surface area contributed by atoms with Gasteiger partial charge in [0.1, 0.15) is 5.82 Å². The molecule has 2 aromatic rings. The summed E-state index contributed by atoms with van der Waals surface area (Å²) in [7, 11) is 0. The van der Waals surface area contributed by atoms with Crippen LogP contribution in [0, 0.1) is 0 Å². The lowest BCUT2D eigenvalue weighted by Crippen LogP contribution is -2.25. The summed E-state index contributed by atoms with van der Waals surface area (Å²) in [5.41, 5.74) is 7.31. The van der Waals surface area contributed by atoms with Crippen LogP contribution in [-0.4, -0.2) is 16.9 Å². The van der Waals surface area contributed by atoms with Gasteiger partial charge in [0.05, 0.1) is 5.56 Å². The number of amides is 1. The Bertz CT molecular complexity index is 554. The number of anilines is 1. The summed E-state index contributed by atoms with van der Waals surface area (Å²) in [4.78, 5) is 15.0. The maximum Gasteiger partial charge on any atom is 0.255 e. The highest BCUT2D eigenvalue weighted by Gasteiger charge is 2.26. The van der Waals surface area contributed by atoms with Crippen LogP contribution >= 0.6 is 0 Å². The molecule has 0 radical (unpaired) electrons. The summed E-state index contributed by atoms with van der Waals surface area (Å²) >= 11 is 0. The highest BCUT2D eigenvalue weighted by molar-refractivity contribution is 6.11. The molecule has 4 N–H and O–H groups in total. The average Bonchev–Trinajstić information content (AvgIpc) is 2.98. The van der Waals surface area contributed by atoms with E-state index in [2.05, 4.69) is 10.3 Å². The number of nitrogens with one attached hydrogen (secondary N) is 2. The number of para-hydroxylation sites is 1. The quantitative estimate of drug-likeness (QED) is 0.712. The predicted octanol–water partition coefficient (Wildman–Crippen LogP) is 1.64. The molecular formula is C12H13N3O. The molecule has 0 saturated heterocycles. The van der Waals surface area contributed by atoms with Crippen molar-refractivity contribution in [3.63, 3.8) is 0 Å². The molecule has 1 aromatic carbocycles. The van der Waals surface area contributed by atoms with E-state index in [1.54, 1.807) is 0 Å². The highest BCUT2D eigenvalue weighted by atomic mass is 16.1. The number of benzene rings is 1. The van der Waals surface area contributed by atoms with E-state index in [0.29, 0.717) is 17.4 Å². The Morgan fingerprint density at radius 1 is 1.38 bits per heavy atom. The van der Waals surface area contributed by atoms with Crippen LogP contribution in [0.15, 0.2) is 24.3 Å². The summed E-state index contributed by atoms with van der Waals surface area (Å²) < 4.78 is 0. The molecule has 4 heteroatoms. The molecule has 3 rings (SSSR count). The zero-order chi connectivity index (χ0) is 11.1. The van der Waals surface area contributed by atoms with Crippen molar-refractivity contribution in [2.24, 2.45) is 0 Å². The van der Waals surface area contributed by atoms with Crippen LogP contribution in [0.1, 0.15) is 23.2 Å². The number of carbonyl (C=O) groups excluding carboxylic acids is 1. The van der Waals surface area contributed by atoms with Crippen LogP contribution in [0.4, 0.5) is 5.82 Å². The topological polar surface area (TPSA) is 70.9 Å². The van der Waals surface area contributed by atoms with Crippen molar-refractivity contribution in [3.05, 3.63) is 29.8 Å². The van der Waals surface area contributed by atoms with Crippen LogP contribution in [0.25, 0.3) is 10.9 Å². The molecule has 1 heterocycles. The second kappa shape index (κ2) is 3.27. The smallest absolute Gasteiger partial charge is 0.255 e. The van der Waals surface area contributed by atoms with E-state index in [0.717, 1.165) is 23.7 Å². The molecule has 1 aliphatic carbocycles. The van der Waals surface area contributed by atoms with Crippen molar-refractivity contribution in [2.75, 3.05) is 5.73 Å². The first-order valence-electron chi connectivity index (χ1n) is 5.43. The van der Waals surface area contributed by atoms with Crippen molar-refractivity contribution in [3.8, 4) is 0 Å². The second-order valence-electron chi connectivity index (χ2n) is 4.21. The van der Waals surface area contributed by atoms with Gasteiger partial charge < -0.3 is 16.0 Å². The van der Waals surface area contributed by atoms with Crippen molar-refractivity contribution < 1.29 is 4.79 Å². The summed E-state index contributed by atoms with van der Waals surface area (Å²) in [5, 5.41) is 3.84. The number of nitrogens with two attached hydrogens (primary N) is 1. The minimum atomic E-state index is -0.0718. The molecule has 1 aliphatic rings. The third-order valence-corrected chi connectivity index (χ3v) is 2.87. The Balaban J connectivity index is 2.06. The normalized spacial score (nSPS) is 15.2. The monoisotopic (exact) mass is 215 g/mol. The second-order valence-corrected chi connectivity index (χ2v) is 4.21. The number of nitrogen functional groups attached to an aromatic ring is 1. The SMILES string of the molecule is Nc1[nH]c2ccccc2c1C(=O)NC1CC1. The van der Waals surface area contributed by atoms with Crippen molar-refractivity contribution in [2.45, 2.75) is 18.9 Å². The maximum atomic E-state index is 12.0. The molecule has 0 bridgehead atoms. The first kappa shape index (κ1) is 9.27. The van der Waals surface area contributed by atoms with Crippen LogP contribution < -0.4 is 11.1 Å². The maximum absolute atomic E-state index is 12.0. The molecular weight excluding hydrogens is 202 g/mol. The van der Waals surface area contributed by atoms with Crippen molar-refractivity contribution in [1.82, 2.24) is 10.3 Å². The van der Waals surface area contributed by atoms with E-state index in [1.165, 1.54) is 0 Å². The number of aromatic amines is 1. The summed E-state index contributed by atoms with van der Waals surface area (Å²) in [6.45, 7) is 0.